The Morgan fingerprint density at radius 1 is 0.950 bits per heavy atom. The molecule has 20 heavy (non-hydrogen) atoms. The molecule has 1 saturated heterocycles. The van der Waals surface area contributed by atoms with Crippen LogP contribution in [-0.2, 0) is 0 Å². The van der Waals surface area contributed by atoms with E-state index in [1.54, 1.807) is 0 Å². The normalized spacial score (nSPS) is 22.1. The first-order valence-electron chi connectivity index (χ1n) is 6.81. The summed E-state index contributed by atoms with van der Waals surface area (Å²) in [5, 5.41) is 9.79. The van der Waals surface area contributed by atoms with E-state index in [2.05, 4.69) is 60.4 Å². The first kappa shape index (κ1) is 15.0. The first-order valence-corrected chi connectivity index (χ1v) is 6.81. The van der Waals surface area contributed by atoms with Gasteiger partial charge in [0.1, 0.15) is 0 Å². The van der Waals surface area contributed by atoms with Gasteiger partial charge in [-0.1, -0.05) is 60.7 Å². The summed E-state index contributed by atoms with van der Waals surface area (Å²) >= 11 is 0. The monoisotopic (exact) mass is 289 g/mol. The number of aliphatic hydroxyl groups is 1. The van der Waals surface area contributed by atoms with E-state index in [1.165, 1.54) is 11.1 Å². The van der Waals surface area contributed by atoms with Crippen LogP contribution >= 0.6 is 12.4 Å². The molecule has 3 rings (SSSR count). The SMILES string of the molecule is C[C@H]1[C@H](O)CN1C(c1ccccc1)c1ccccc1.Cl. The summed E-state index contributed by atoms with van der Waals surface area (Å²) in [7, 11) is 0. The van der Waals surface area contributed by atoms with Gasteiger partial charge in [-0.15, -0.1) is 12.4 Å². The molecule has 0 radical (unpaired) electrons. The van der Waals surface area contributed by atoms with Crippen LogP contribution in [0, 0.1) is 0 Å². The van der Waals surface area contributed by atoms with Gasteiger partial charge in [-0.2, -0.15) is 0 Å². The lowest BCUT2D eigenvalue weighted by Crippen LogP contribution is -2.59. The van der Waals surface area contributed by atoms with Crippen molar-refractivity contribution in [2.45, 2.75) is 25.1 Å². The summed E-state index contributed by atoms with van der Waals surface area (Å²) in [4.78, 5) is 2.36. The van der Waals surface area contributed by atoms with Crippen molar-refractivity contribution in [1.82, 2.24) is 4.90 Å². The number of hydrogen-bond donors (Lipinski definition) is 1. The molecule has 0 aliphatic carbocycles. The Kier molecular flexibility index (Phi) is 4.81. The number of rotatable bonds is 3. The Labute approximate surface area is 126 Å². The highest BCUT2D eigenvalue weighted by molar-refractivity contribution is 5.85. The van der Waals surface area contributed by atoms with Gasteiger partial charge in [-0.05, 0) is 18.1 Å². The van der Waals surface area contributed by atoms with Crippen molar-refractivity contribution in [3.8, 4) is 0 Å². The van der Waals surface area contributed by atoms with E-state index >= 15 is 0 Å². The second-order valence-electron chi connectivity index (χ2n) is 5.23. The van der Waals surface area contributed by atoms with Crippen LogP contribution in [0.4, 0.5) is 0 Å². The van der Waals surface area contributed by atoms with Crippen LogP contribution in [0.15, 0.2) is 60.7 Å². The molecule has 0 bridgehead atoms. The molecule has 2 aromatic carbocycles. The fourth-order valence-electron chi connectivity index (χ4n) is 2.80. The largest absolute Gasteiger partial charge is 0.390 e. The Balaban J connectivity index is 0.00000147. The Morgan fingerprint density at radius 3 is 1.75 bits per heavy atom. The molecule has 2 aromatic rings. The van der Waals surface area contributed by atoms with Gasteiger partial charge in [0, 0.05) is 12.6 Å². The summed E-state index contributed by atoms with van der Waals surface area (Å²) in [6.45, 7) is 2.84. The topological polar surface area (TPSA) is 23.5 Å². The molecule has 1 aliphatic rings. The fraction of sp³-hybridized carbons (Fsp3) is 0.294. The lowest BCUT2D eigenvalue weighted by Gasteiger charge is -2.48. The van der Waals surface area contributed by atoms with Crippen LogP contribution in [0.2, 0.25) is 0 Å². The minimum absolute atomic E-state index is 0. The number of nitrogens with zero attached hydrogens (tertiary/aromatic N) is 1. The molecular formula is C17H20ClNO. The van der Waals surface area contributed by atoms with Crippen molar-refractivity contribution in [2.75, 3.05) is 6.54 Å². The maximum absolute atomic E-state index is 9.79. The zero-order valence-corrected chi connectivity index (χ0v) is 12.3. The average molecular weight is 290 g/mol. The lowest BCUT2D eigenvalue weighted by atomic mass is 9.90. The summed E-state index contributed by atoms with van der Waals surface area (Å²) in [6.07, 6.45) is -0.199. The molecule has 0 spiro atoms. The molecule has 1 fully saturated rings. The molecule has 2 atom stereocenters. The molecule has 0 amide bonds. The van der Waals surface area contributed by atoms with Crippen molar-refractivity contribution in [3.05, 3.63) is 71.8 Å². The van der Waals surface area contributed by atoms with Crippen molar-refractivity contribution >= 4 is 12.4 Å². The summed E-state index contributed by atoms with van der Waals surface area (Å²) in [5.41, 5.74) is 2.57. The van der Waals surface area contributed by atoms with E-state index in [4.69, 9.17) is 0 Å². The molecule has 106 valence electrons. The van der Waals surface area contributed by atoms with Crippen LogP contribution in [0.1, 0.15) is 24.1 Å². The summed E-state index contributed by atoms with van der Waals surface area (Å²) < 4.78 is 0. The summed E-state index contributed by atoms with van der Waals surface area (Å²) in [6, 6.07) is 21.5. The van der Waals surface area contributed by atoms with E-state index in [0.29, 0.717) is 0 Å². The van der Waals surface area contributed by atoms with Gasteiger partial charge in [0.25, 0.3) is 0 Å². The molecular weight excluding hydrogens is 270 g/mol. The van der Waals surface area contributed by atoms with Crippen LogP contribution in [-0.4, -0.2) is 28.7 Å². The number of halogens is 1. The zero-order chi connectivity index (χ0) is 13.2. The van der Waals surface area contributed by atoms with Crippen LogP contribution < -0.4 is 0 Å². The van der Waals surface area contributed by atoms with Gasteiger partial charge in [0.2, 0.25) is 0 Å². The van der Waals surface area contributed by atoms with Crippen molar-refractivity contribution < 1.29 is 5.11 Å². The van der Waals surface area contributed by atoms with E-state index in [9.17, 15) is 5.11 Å². The third-order valence-electron chi connectivity index (χ3n) is 4.04. The second-order valence-corrected chi connectivity index (χ2v) is 5.23. The van der Waals surface area contributed by atoms with Crippen LogP contribution in [0.25, 0.3) is 0 Å². The van der Waals surface area contributed by atoms with Gasteiger partial charge < -0.3 is 5.11 Å². The quantitative estimate of drug-likeness (QED) is 0.937. The minimum Gasteiger partial charge on any atom is -0.390 e. The number of benzene rings is 2. The highest BCUT2D eigenvalue weighted by Gasteiger charge is 2.39. The predicted molar refractivity (Wildman–Crippen MR) is 84.1 cm³/mol. The van der Waals surface area contributed by atoms with Crippen LogP contribution in [0.3, 0.4) is 0 Å². The molecule has 0 aromatic heterocycles. The summed E-state index contributed by atoms with van der Waals surface area (Å²) in [5.74, 6) is 0. The first-order chi connectivity index (χ1) is 9.27. The van der Waals surface area contributed by atoms with Gasteiger partial charge >= 0.3 is 0 Å². The average Bonchev–Trinajstić information content (AvgIpc) is 2.49. The minimum atomic E-state index is -0.199. The van der Waals surface area contributed by atoms with Crippen molar-refractivity contribution in [1.29, 1.82) is 0 Å². The Bertz CT molecular complexity index is 492. The van der Waals surface area contributed by atoms with Crippen LogP contribution in [0.5, 0.6) is 0 Å². The predicted octanol–water partition coefficient (Wildman–Crippen LogP) is 3.26. The molecule has 3 heteroatoms. The molecule has 0 saturated carbocycles. The van der Waals surface area contributed by atoms with Gasteiger partial charge in [-0.25, -0.2) is 0 Å². The van der Waals surface area contributed by atoms with Crippen molar-refractivity contribution in [2.24, 2.45) is 0 Å². The maximum atomic E-state index is 9.79. The van der Waals surface area contributed by atoms with E-state index in [1.807, 2.05) is 12.1 Å². The fourth-order valence-corrected chi connectivity index (χ4v) is 2.80. The number of hydrogen-bond acceptors (Lipinski definition) is 2. The lowest BCUT2D eigenvalue weighted by molar-refractivity contribution is -0.0693. The third kappa shape index (κ3) is 2.73. The Hall–Kier alpha value is -1.35. The molecule has 1 heterocycles. The number of likely N-dealkylation sites (tertiary alicyclic amines) is 1. The van der Waals surface area contributed by atoms with Gasteiger partial charge in [0.15, 0.2) is 0 Å². The number of aliphatic hydroxyl groups excluding tert-OH is 1. The van der Waals surface area contributed by atoms with Crippen molar-refractivity contribution in [3.63, 3.8) is 0 Å². The highest BCUT2D eigenvalue weighted by Crippen LogP contribution is 2.35. The smallest absolute Gasteiger partial charge is 0.0820 e. The molecule has 1 N–H and O–H groups in total. The molecule has 2 nitrogen and oxygen atoms in total. The van der Waals surface area contributed by atoms with E-state index in [0.717, 1.165) is 6.54 Å². The van der Waals surface area contributed by atoms with E-state index in [-0.39, 0.29) is 30.6 Å². The zero-order valence-electron chi connectivity index (χ0n) is 11.5. The highest BCUT2D eigenvalue weighted by atomic mass is 35.5. The number of β-amino-alcohol motifs (C(OH)–C–C–N with tert-alkyl or cyclic N) is 1. The Morgan fingerprint density at radius 2 is 1.40 bits per heavy atom. The van der Waals surface area contributed by atoms with E-state index < -0.39 is 0 Å². The molecule has 0 unspecified atom stereocenters. The van der Waals surface area contributed by atoms with Gasteiger partial charge in [-0.3, -0.25) is 4.90 Å². The molecule has 1 aliphatic heterocycles. The third-order valence-corrected chi connectivity index (χ3v) is 4.04. The standard InChI is InChI=1S/C17H19NO.ClH/c1-13-16(19)12-18(13)17(14-8-4-2-5-9-14)15-10-6-3-7-11-15;/h2-11,13,16-17,19H,12H2,1H3;1H/t13-,16+;/m0./s1. The maximum Gasteiger partial charge on any atom is 0.0820 e. The van der Waals surface area contributed by atoms with Gasteiger partial charge in [0.05, 0.1) is 12.1 Å². The second kappa shape index (κ2) is 6.40.